The van der Waals surface area contributed by atoms with Crippen LogP contribution in [-0.4, -0.2) is 48.2 Å². The van der Waals surface area contributed by atoms with Gasteiger partial charge in [0.15, 0.2) is 28.5 Å². The van der Waals surface area contributed by atoms with Crippen LogP contribution in [0.4, 0.5) is 11.4 Å². The van der Waals surface area contributed by atoms with Crippen molar-refractivity contribution in [3.63, 3.8) is 0 Å². The average Bonchev–Trinajstić information content (AvgIpc) is 3.35. The molecule has 4 aromatic rings. The molecule has 0 radical (unpaired) electrons. The van der Waals surface area contributed by atoms with Crippen LogP contribution in [0.15, 0.2) is 60.7 Å². The summed E-state index contributed by atoms with van der Waals surface area (Å²) < 4.78 is 22.6. The van der Waals surface area contributed by atoms with Crippen LogP contribution in [0.5, 0.6) is 23.0 Å². The summed E-state index contributed by atoms with van der Waals surface area (Å²) in [7, 11) is 0. The van der Waals surface area contributed by atoms with Gasteiger partial charge in [-0.3, -0.25) is 14.5 Å². The lowest BCUT2D eigenvalue weighted by atomic mass is 9.81. The summed E-state index contributed by atoms with van der Waals surface area (Å²) in [6.45, 7) is 1.76. The highest BCUT2D eigenvalue weighted by Gasteiger charge is 2.61. The number of hydrogen-bond acceptors (Lipinski definition) is 7. The molecule has 1 atom stereocenters. The number of anilines is 2. The zero-order valence-corrected chi connectivity index (χ0v) is 19.7. The van der Waals surface area contributed by atoms with Gasteiger partial charge in [0.2, 0.25) is 5.91 Å². The van der Waals surface area contributed by atoms with E-state index in [4.69, 9.17) is 23.9 Å². The van der Waals surface area contributed by atoms with Crippen LogP contribution >= 0.6 is 0 Å². The van der Waals surface area contributed by atoms with Crippen LogP contribution in [0.1, 0.15) is 12.2 Å². The maximum absolute atomic E-state index is 14.1. The van der Waals surface area contributed by atoms with Gasteiger partial charge in [0.05, 0.1) is 17.5 Å². The number of benzene rings is 3. The molecule has 1 unspecified atom stereocenters. The number of H-pyrrole nitrogens is 1. The standard InChI is InChI=1S/C27H22N4O6/c32-24-15-27(25-29-18-3-1-2-4-19(18)30-25,31(24)17-6-8-21-23(14-17)37-12-10-35-21)26(33)28-16-5-7-20-22(13-16)36-11-9-34-20/h1-8,13-14H,9-12,15H2,(H,28,33)(H,29,30). The van der Waals surface area contributed by atoms with Gasteiger partial charge in [0.25, 0.3) is 5.91 Å². The number of nitrogens with zero attached hydrogens (tertiary/aromatic N) is 2. The van der Waals surface area contributed by atoms with Crippen molar-refractivity contribution < 1.29 is 28.5 Å². The molecule has 3 aliphatic heterocycles. The zero-order chi connectivity index (χ0) is 25.0. The molecule has 1 saturated heterocycles. The largest absolute Gasteiger partial charge is 0.486 e. The number of imidazole rings is 1. The van der Waals surface area contributed by atoms with E-state index in [1.54, 1.807) is 36.4 Å². The van der Waals surface area contributed by atoms with Gasteiger partial charge in [-0.05, 0) is 36.4 Å². The second-order valence-corrected chi connectivity index (χ2v) is 9.01. The molecule has 37 heavy (non-hydrogen) atoms. The molecule has 2 N–H and O–H groups in total. The van der Waals surface area contributed by atoms with Crippen LogP contribution in [0.3, 0.4) is 0 Å². The van der Waals surface area contributed by atoms with E-state index >= 15 is 0 Å². The summed E-state index contributed by atoms with van der Waals surface area (Å²) in [5, 5.41) is 2.98. The number of carbonyl (C=O) groups excluding carboxylic acids is 2. The molecule has 3 aliphatic rings. The third-order valence-electron chi connectivity index (χ3n) is 6.78. The molecule has 0 spiro atoms. The Morgan fingerprint density at radius 2 is 1.54 bits per heavy atom. The zero-order valence-electron chi connectivity index (χ0n) is 19.7. The minimum Gasteiger partial charge on any atom is -0.486 e. The number of rotatable bonds is 4. The van der Waals surface area contributed by atoms with Crippen molar-refractivity contribution in [2.75, 3.05) is 36.6 Å². The number of nitrogens with one attached hydrogen (secondary N) is 2. The quantitative estimate of drug-likeness (QED) is 0.415. The summed E-state index contributed by atoms with van der Waals surface area (Å²) in [6, 6.07) is 17.9. The number of amides is 2. The monoisotopic (exact) mass is 498 g/mol. The van der Waals surface area contributed by atoms with Gasteiger partial charge in [0, 0.05) is 23.5 Å². The Morgan fingerprint density at radius 1 is 0.865 bits per heavy atom. The third kappa shape index (κ3) is 3.36. The number of fused-ring (bicyclic) bond motifs is 3. The Hall–Kier alpha value is -4.73. The molecule has 10 nitrogen and oxygen atoms in total. The van der Waals surface area contributed by atoms with E-state index in [-0.39, 0.29) is 12.3 Å². The van der Waals surface area contributed by atoms with Crippen LogP contribution in [0.25, 0.3) is 11.0 Å². The predicted octanol–water partition coefficient (Wildman–Crippen LogP) is 3.38. The van der Waals surface area contributed by atoms with Crippen LogP contribution in [-0.2, 0) is 15.1 Å². The van der Waals surface area contributed by atoms with Gasteiger partial charge in [-0.25, -0.2) is 4.98 Å². The van der Waals surface area contributed by atoms with E-state index in [0.29, 0.717) is 72.1 Å². The number of aromatic amines is 1. The van der Waals surface area contributed by atoms with Crippen molar-refractivity contribution >= 4 is 34.2 Å². The summed E-state index contributed by atoms with van der Waals surface area (Å²) >= 11 is 0. The molecule has 10 heteroatoms. The van der Waals surface area contributed by atoms with E-state index in [0.717, 1.165) is 5.52 Å². The van der Waals surface area contributed by atoms with Crippen molar-refractivity contribution in [3.05, 3.63) is 66.5 Å². The second kappa shape index (κ2) is 8.16. The van der Waals surface area contributed by atoms with Crippen molar-refractivity contribution in [1.29, 1.82) is 0 Å². The summed E-state index contributed by atoms with van der Waals surface area (Å²) in [5.41, 5.74) is 1.09. The second-order valence-electron chi connectivity index (χ2n) is 9.01. The lowest BCUT2D eigenvalue weighted by molar-refractivity contribution is -0.137. The minimum atomic E-state index is -1.41. The Kier molecular flexibility index (Phi) is 4.75. The van der Waals surface area contributed by atoms with Crippen LogP contribution in [0, 0.1) is 0 Å². The maximum Gasteiger partial charge on any atom is 0.259 e. The number of aromatic nitrogens is 2. The van der Waals surface area contributed by atoms with E-state index in [9.17, 15) is 9.59 Å². The topological polar surface area (TPSA) is 115 Å². The number of para-hydroxylation sites is 2. The Balaban J connectivity index is 1.32. The number of carbonyl (C=O) groups is 2. The summed E-state index contributed by atoms with van der Waals surface area (Å²) in [6.07, 6.45) is -0.0579. The summed E-state index contributed by atoms with van der Waals surface area (Å²) in [4.78, 5) is 36.7. The Labute approximate surface area is 211 Å². The minimum absolute atomic E-state index is 0.0579. The highest BCUT2D eigenvalue weighted by molar-refractivity contribution is 6.17. The lowest BCUT2D eigenvalue weighted by Gasteiger charge is -2.49. The molecule has 0 aliphatic carbocycles. The molecule has 2 amide bonds. The molecule has 0 saturated carbocycles. The first-order valence-electron chi connectivity index (χ1n) is 12.0. The number of ether oxygens (including phenoxy) is 4. The summed E-state index contributed by atoms with van der Waals surface area (Å²) in [5.74, 6) is 2.04. The highest BCUT2D eigenvalue weighted by atomic mass is 16.6. The van der Waals surface area contributed by atoms with Crippen molar-refractivity contribution in [1.82, 2.24) is 9.97 Å². The van der Waals surface area contributed by atoms with Crippen LogP contribution in [0.2, 0.25) is 0 Å². The van der Waals surface area contributed by atoms with Crippen molar-refractivity contribution in [2.24, 2.45) is 0 Å². The molecule has 4 heterocycles. The maximum atomic E-state index is 14.1. The highest BCUT2D eigenvalue weighted by Crippen LogP contribution is 2.47. The van der Waals surface area contributed by atoms with Crippen LogP contribution < -0.4 is 29.2 Å². The van der Waals surface area contributed by atoms with Gasteiger partial charge in [-0.15, -0.1) is 0 Å². The molecule has 0 bridgehead atoms. The Bertz CT molecular complexity index is 1530. The van der Waals surface area contributed by atoms with Crippen molar-refractivity contribution in [3.8, 4) is 23.0 Å². The molecule has 7 rings (SSSR count). The number of β-lactam (4-membered cyclic amide) rings is 1. The van der Waals surface area contributed by atoms with Gasteiger partial charge < -0.3 is 29.2 Å². The fraction of sp³-hybridized carbons (Fsp3) is 0.222. The normalized spacial score (nSPS) is 19.9. The smallest absolute Gasteiger partial charge is 0.259 e. The fourth-order valence-electron chi connectivity index (χ4n) is 5.02. The predicted molar refractivity (Wildman–Crippen MR) is 133 cm³/mol. The Morgan fingerprint density at radius 3 is 2.27 bits per heavy atom. The van der Waals surface area contributed by atoms with E-state index in [2.05, 4.69) is 10.3 Å². The SMILES string of the molecule is O=C1CC(C(=O)Nc2ccc3c(c2)OCCO3)(c2nc3ccccc3[nH]2)N1c1ccc2c(c1)OCCO2. The first-order chi connectivity index (χ1) is 18.1. The third-order valence-corrected chi connectivity index (χ3v) is 6.78. The van der Waals surface area contributed by atoms with E-state index in [1.165, 1.54) is 4.90 Å². The van der Waals surface area contributed by atoms with Gasteiger partial charge in [-0.2, -0.15) is 0 Å². The van der Waals surface area contributed by atoms with Gasteiger partial charge in [-0.1, -0.05) is 12.1 Å². The van der Waals surface area contributed by atoms with E-state index < -0.39 is 11.4 Å². The van der Waals surface area contributed by atoms with E-state index in [1.807, 2.05) is 24.3 Å². The fourth-order valence-corrected chi connectivity index (χ4v) is 5.02. The molecule has 3 aromatic carbocycles. The average molecular weight is 498 g/mol. The molecule has 1 fully saturated rings. The molecular weight excluding hydrogens is 476 g/mol. The van der Waals surface area contributed by atoms with Gasteiger partial charge in [0.1, 0.15) is 32.3 Å². The lowest BCUT2D eigenvalue weighted by Crippen LogP contribution is -2.67. The molecule has 1 aromatic heterocycles. The molecule has 186 valence electrons. The van der Waals surface area contributed by atoms with Gasteiger partial charge >= 0.3 is 0 Å². The van der Waals surface area contributed by atoms with Crippen molar-refractivity contribution in [2.45, 2.75) is 12.0 Å². The number of hydrogen-bond donors (Lipinski definition) is 2. The first-order valence-corrected chi connectivity index (χ1v) is 12.0. The molecular formula is C27H22N4O6. The first kappa shape index (κ1) is 21.5.